The Kier molecular flexibility index (Phi) is 5.98. The fourth-order valence-corrected chi connectivity index (χ4v) is 2.74. The first-order chi connectivity index (χ1) is 8.90. The minimum absolute atomic E-state index is 0.458. The highest BCUT2D eigenvalue weighted by atomic mass is 35.5. The lowest BCUT2D eigenvalue weighted by atomic mass is 9.88. The van der Waals surface area contributed by atoms with Gasteiger partial charge in [-0.3, -0.25) is 0 Å². The molecular weight excluding hydrogens is 248 g/mol. The van der Waals surface area contributed by atoms with Crippen molar-refractivity contribution in [2.24, 2.45) is 11.8 Å². The van der Waals surface area contributed by atoms with Gasteiger partial charge in [0.2, 0.25) is 0 Å². The number of ether oxygens (including phenoxy) is 2. The Labute approximate surface area is 114 Å². The molecule has 0 spiro atoms. The van der Waals surface area contributed by atoms with Gasteiger partial charge in [0, 0.05) is 19.1 Å². The van der Waals surface area contributed by atoms with Gasteiger partial charge in [0.05, 0.1) is 13.2 Å². The van der Waals surface area contributed by atoms with Gasteiger partial charge in [-0.2, -0.15) is 0 Å². The second-order valence-corrected chi connectivity index (χ2v) is 5.17. The Balaban J connectivity index is 1.73. The molecule has 1 fully saturated rings. The molecule has 0 radical (unpaired) electrons. The van der Waals surface area contributed by atoms with Crippen LogP contribution in [0.15, 0.2) is 30.3 Å². The molecule has 0 aliphatic carbocycles. The van der Waals surface area contributed by atoms with E-state index in [2.05, 4.69) is 12.1 Å². The van der Waals surface area contributed by atoms with Gasteiger partial charge < -0.3 is 9.47 Å². The molecule has 1 aromatic carbocycles. The number of benzene rings is 1. The average molecular weight is 269 g/mol. The van der Waals surface area contributed by atoms with Gasteiger partial charge >= 0.3 is 0 Å². The molecule has 0 bridgehead atoms. The van der Waals surface area contributed by atoms with Crippen molar-refractivity contribution < 1.29 is 9.47 Å². The van der Waals surface area contributed by atoms with Crippen molar-refractivity contribution in [3.63, 3.8) is 0 Å². The van der Waals surface area contributed by atoms with Crippen molar-refractivity contribution in [1.29, 1.82) is 0 Å². The topological polar surface area (TPSA) is 18.5 Å². The summed E-state index contributed by atoms with van der Waals surface area (Å²) in [6, 6.07) is 10.3. The van der Waals surface area contributed by atoms with Crippen LogP contribution in [0.5, 0.6) is 0 Å². The van der Waals surface area contributed by atoms with Gasteiger partial charge in [-0.1, -0.05) is 30.3 Å². The van der Waals surface area contributed by atoms with Gasteiger partial charge in [0.1, 0.15) is 0 Å². The molecule has 1 heterocycles. The van der Waals surface area contributed by atoms with E-state index in [9.17, 15) is 0 Å². The second-order valence-electron chi connectivity index (χ2n) is 4.86. The van der Waals surface area contributed by atoms with E-state index in [0.29, 0.717) is 24.3 Å². The zero-order valence-electron chi connectivity index (χ0n) is 10.7. The second kappa shape index (κ2) is 7.78. The van der Waals surface area contributed by atoms with Crippen LogP contribution in [0.2, 0.25) is 0 Å². The third-order valence-corrected chi connectivity index (χ3v) is 3.97. The van der Waals surface area contributed by atoms with Crippen molar-refractivity contribution in [3.05, 3.63) is 35.9 Å². The normalized spacial score (nSPS) is 18.7. The smallest absolute Gasteiger partial charge is 0.0717 e. The first-order valence-corrected chi connectivity index (χ1v) is 7.19. The Bertz CT molecular complexity index is 323. The number of halogens is 1. The summed E-state index contributed by atoms with van der Waals surface area (Å²) in [5.74, 6) is 1.80. The summed E-state index contributed by atoms with van der Waals surface area (Å²) < 4.78 is 11.2. The van der Waals surface area contributed by atoms with Gasteiger partial charge in [0.15, 0.2) is 0 Å². The highest BCUT2D eigenvalue weighted by molar-refractivity contribution is 6.18. The van der Waals surface area contributed by atoms with Crippen LogP contribution in [0.25, 0.3) is 0 Å². The van der Waals surface area contributed by atoms with E-state index in [1.54, 1.807) is 0 Å². The van der Waals surface area contributed by atoms with E-state index >= 15 is 0 Å². The first-order valence-electron chi connectivity index (χ1n) is 6.65. The van der Waals surface area contributed by atoms with Gasteiger partial charge in [0.25, 0.3) is 0 Å². The molecule has 1 aliphatic rings. The predicted molar refractivity (Wildman–Crippen MR) is 73.9 cm³/mol. The van der Waals surface area contributed by atoms with Gasteiger partial charge in [-0.25, -0.2) is 0 Å². The molecule has 0 amide bonds. The van der Waals surface area contributed by atoms with E-state index in [-0.39, 0.29) is 0 Å². The van der Waals surface area contributed by atoms with E-state index in [4.69, 9.17) is 21.1 Å². The van der Waals surface area contributed by atoms with Gasteiger partial charge in [-0.05, 0) is 30.2 Å². The van der Waals surface area contributed by atoms with Crippen LogP contribution in [0.4, 0.5) is 0 Å². The van der Waals surface area contributed by atoms with Crippen LogP contribution in [-0.4, -0.2) is 25.7 Å². The lowest BCUT2D eigenvalue weighted by Crippen LogP contribution is -2.27. The molecule has 1 saturated heterocycles. The lowest BCUT2D eigenvalue weighted by Gasteiger charge is -2.28. The third kappa shape index (κ3) is 4.27. The zero-order valence-corrected chi connectivity index (χ0v) is 11.4. The molecule has 0 aromatic heterocycles. The summed E-state index contributed by atoms with van der Waals surface area (Å²) in [5.41, 5.74) is 1.22. The molecule has 100 valence electrons. The number of rotatable bonds is 6. The fraction of sp³-hybridized carbons (Fsp3) is 0.600. The molecule has 18 heavy (non-hydrogen) atoms. The number of alkyl halides is 1. The Hall–Kier alpha value is -0.570. The highest BCUT2D eigenvalue weighted by Gasteiger charge is 2.23. The molecule has 1 atom stereocenters. The minimum Gasteiger partial charge on any atom is -0.381 e. The largest absolute Gasteiger partial charge is 0.381 e. The first kappa shape index (κ1) is 13.9. The van der Waals surface area contributed by atoms with Crippen molar-refractivity contribution >= 4 is 11.6 Å². The molecule has 1 aliphatic heterocycles. The summed E-state index contributed by atoms with van der Waals surface area (Å²) in [6.07, 6.45) is 2.23. The summed E-state index contributed by atoms with van der Waals surface area (Å²) in [5, 5.41) is 0. The predicted octanol–water partition coefficient (Wildman–Crippen LogP) is 3.48. The minimum atomic E-state index is 0.458. The van der Waals surface area contributed by atoms with Crippen LogP contribution < -0.4 is 0 Å². The molecule has 1 aromatic rings. The number of hydrogen-bond acceptors (Lipinski definition) is 2. The number of hydrogen-bond donors (Lipinski definition) is 0. The van der Waals surface area contributed by atoms with Crippen molar-refractivity contribution in [3.8, 4) is 0 Å². The molecular formula is C15H21ClO2. The summed E-state index contributed by atoms with van der Waals surface area (Å²) >= 11 is 6.06. The Morgan fingerprint density at radius 2 is 1.94 bits per heavy atom. The van der Waals surface area contributed by atoms with E-state index in [0.717, 1.165) is 32.7 Å². The van der Waals surface area contributed by atoms with Crippen LogP contribution >= 0.6 is 11.6 Å². The maximum absolute atomic E-state index is 6.06. The summed E-state index contributed by atoms with van der Waals surface area (Å²) in [4.78, 5) is 0. The third-order valence-electron chi connectivity index (χ3n) is 3.57. The maximum Gasteiger partial charge on any atom is 0.0717 e. The standard InChI is InChI=1S/C15H21ClO2/c16-10-15(14-6-8-17-9-7-14)12-18-11-13-4-2-1-3-5-13/h1-5,14-15H,6-12H2. The Morgan fingerprint density at radius 1 is 1.22 bits per heavy atom. The summed E-state index contributed by atoms with van der Waals surface area (Å²) in [6.45, 7) is 3.17. The zero-order chi connectivity index (χ0) is 12.6. The van der Waals surface area contributed by atoms with Crippen molar-refractivity contribution in [2.45, 2.75) is 19.4 Å². The van der Waals surface area contributed by atoms with Crippen LogP contribution in [0, 0.1) is 11.8 Å². The van der Waals surface area contributed by atoms with Crippen molar-refractivity contribution in [2.75, 3.05) is 25.7 Å². The van der Waals surface area contributed by atoms with Crippen molar-refractivity contribution in [1.82, 2.24) is 0 Å². The monoisotopic (exact) mass is 268 g/mol. The highest BCUT2D eigenvalue weighted by Crippen LogP contribution is 2.25. The molecule has 1 unspecified atom stereocenters. The Morgan fingerprint density at radius 3 is 2.61 bits per heavy atom. The molecule has 3 heteroatoms. The van der Waals surface area contributed by atoms with E-state index in [1.165, 1.54) is 5.56 Å². The SMILES string of the molecule is ClCC(COCc1ccccc1)C1CCOCC1. The lowest BCUT2D eigenvalue weighted by molar-refractivity contribution is 0.0177. The van der Waals surface area contributed by atoms with Crippen LogP contribution in [-0.2, 0) is 16.1 Å². The van der Waals surface area contributed by atoms with Crippen LogP contribution in [0.1, 0.15) is 18.4 Å². The summed E-state index contributed by atoms with van der Waals surface area (Å²) in [7, 11) is 0. The fourth-order valence-electron chi connectivity index (χ4n) is 2.40. The molecule has 2 nitrogen and oxygen atoms in total. The molecule has 0 N–H and O–H groups in total. The molecule has 2 rings (SSSR count). The average Bonchev–Trinajstić information content (AvgIpc) is 2.46. The van der Waals surface area contributed by atoms with E-state index in [1.807, 2.05) is 18.2 Å². The quantitative estimate of drug-likeness (QED) is 0.736. The maximum atomic E-state index is 6.06. The molecule has 0 saturated carbocycles. The van der Waals surface area contributed by atoms with Crippen LogP contribution in [0.3, 0.4) is 0 Å². The van der Waals surface area contributed by atoms with Gasteiger partial charge in [-0.15, -0.1) is 11.6 Å². The van der Waals surface area contributed by atoms with E-state index < -0.39 is 0 Å².